The number of carboxylic acids is 1. The van der Waals surface area contributed by atoms with Gasteiger partial charge in [0.05, 0.1) is 24.5 Å². The van der Waals surface area contributed by atoms with Crippen LogP contribution in [0.2, 0.25) is 0 Å². The van der Waals surface area contributed by atoms with Crippen molar-refractivity contribution in [2.45, 2.75) is 31.7 Å². The lowest BCUT2D eigenvalue weighted by atomic mass is 9.97. The zero-order valence-corrected chi connectivity index (χ0v) is 12.1. The standard InChI is InChI=1S/C13H19NO4S/c1-9(10-5-4-6-19-10)12(17)14-13(2,8-18-3)7-11(15)16/h4-6,9H,7-8H2,1-3H3,(H,14,17)(H,15,16). The molecule has 1 aromatic heterocycles. The topological polar surface area (TPSA) is 75.6 Å². The van der Waals surface area contributed by atoms with Gasteiger partial charge in [-0.15, -0.1) is 11.3 Å². The zero-order valence-electron chi connectivity index (χ0n) is 11.3. The SMILES string of the molecule is COCC(C)(CC(=O)O)NC(=O)C(C)c1cccs1. The van der Waals surface area contributed by atoms with Crippen LogP contribution in [-0.2, 0) is 14.3 Å². The van der Waals surface area contributed by atoms with Crippen molar-refractivity contribution in [2.75, 3.05) is 13.7 Å². The van der Waals surface area contributed by atoms with E-state index in [0.29, 0.717) is 0 Å². The number of hydrogen-bond donors (Lipinski definition) is 2. The highest BCUT2D eigenvalue weighted by atomic mass is 32.1. The van der Waals surface area contributed by atoms with Crippen molar-refractivity contribution < 1.29 is 19.4 Å². The van der Waals surface area contributed by atoms with Crippen LogP contribution in [0.15, 0.2) is 17.5 Å². The van der Waals surface area contributed by atoms with Crippen molar-refractivity contribution in [3.05, 3.63) is 22.4 Å². The predicted molar refractivity (Wildman–Crippen MR) is 73.4 cm³/mol. The number of ether oxygens (including phenoxy) is 1. The van der Waals surface area contributed by atoms with Crippen LogP contribution in [0.4, 0.5) is 0 Å². The quantitative estimate of drug-likeness (QED) is 0.801. The fraction of sp³-hybridized carbons (Fsp3) is 0.538. The van der Waals surface area contributed by atoms with Crippen molar-refractivity contribution in [2.24, 2.45) is 0 Å². The maximum Gasteiger partial charge on any atom is 0.305 e. The minimum absolute atomic E-state index is 0.155. The summed E-state index contributed by atoms with van der Waals surface area (Å²) in [5.74, 6) is -1.46. The van der Waals surface area contributed by atoms with E-state index in [9.17, 15) is 9.59 Å². The van der Waals surface area contributed by atoms with Gasteiger partial charge in [-0.3, -0.25) is 9.59 Å². The number of methoxy groups -OCH3 is 1. The largest absolute Gasteiger partial charge is 0.481 e. The van der Waals surface area contributed by atoms with Crippen LogP contribution in [0.1, 0.15) is 31.1 Å². The summed E-state index contributed by atoms with van der Waals surface area (Å²) in [7, 11) is 1.48. The van der Waals surface area contributed by atoms with E-state index < -0.39 is 11.5 Å². The summed E-state index contributed by atoms with van der Waals surface area (Å²) in [6, 6.07) is 3.77. The normalized spacial score (nSPS) is 15.5. The molecule has 0 aliphatic heterocycles. The minimum atomic E-state index is -0.969. The molecule has 0 aliphatic carbocycles. The van der Waals surface area contributed by atoms with Crippen molar-refractivity contribution in [3.8, 4) is 0 Å². The smallest absolute Gasteiger partial charge is 0.305 e. The van der Waals surface area contributed by atoms with E-state index in [2.05, 4.69) is 5.32 Å². The third-order valence-corrected chi connectivity index (χ3v) is 3.85. The van der Waals surface area contributed by atoms with E-state index in [-0.39, 0.29) is 24.9 Å². The van der Waals surface area contributed by atoms with Crippen LogP contribution < -0.4 is 5.32 Å². The average molecular weight is 285 g/mol. The molecule has 1 heterocycles. The fourth-order valence-corrected chi connectivity index (χ4v) is 2.64. The van der Waals surface area contributed by atoms with Gasteiger partial charge in [0.2, 0.25) is 5.91 Å². The van der Waals surface area contributed by atoms with Crippen LogP contribution in [-0.4, -0.2) is 36.2 Å². The highest BCUT2D eigenvalue weighted by molar-refractivity contribution is 7.10. The summed E-state index contributed by atoms with van der Waals surface area (Å²) >= 11 is 1.50. The van der Waals surface area contributed by atoms with Gasteiger partial charge in [-0.2, -0.15) is 0 Å². The molecule has 1 amide bonds. The Balaban J connectivity index is 2.73. The first-order chi connectivity index (χ1) is 8.88. The monoisotopic (exact) mass is 285 g/mol. The van der Waals surface area contributed by atoms with Gasteiger partial charge >= 0.3 is 5.97 Å². The molecule has 2 N–H and O–H groups in total. The summed E-state index contributed by atoms with van der Waals surface area (Å²) in [6.45, 7) is 3.63. The molecular weight excluding hydrogens is 266 g/mol. The van der Waals surface area contributed by atoms with Gasteiger partial charge in [0.15, 0.2) is 0 Å². The third kappa shape index (κ3) is 4.65. The molecule has 2 atom stereocenters. The number of carboxylic acid groups (broad SMARTS) is 1. The van der Waals surface area contributed by atoms with Gasteiger partial charge in [-0.1, -0.05) is 6.07 Å². The Morgan fingerprint density at radius 2 is 2.26 bits per heavy atom. The van der Waals surface area contributed by atoms with Gasteiger partial charge in [0.1, 0.15) is 0 Å². The Labute approximate surface area is 116 Å². The van der Waals surface area contributed by atoms with E-state index in [1.54, 1.807) is 13.8 Å². The molecule has 106 valence electrons. The number of thiophene rings is 1. The van der Waals surface area contributed by atoms with Crippen molar-refractivity contribution in [3.63, 3.8) is 0 Å². The molecule has 0 saturated carbocycles. The molecule has 0 radical (unpaired) electrons. The van der Waals surface area contributed by atoms with Crippen LogP contribution in [0, 0.1) is 0 Å². The number of aliphatic carboxylic acids is 1. The van der Waals surface area contributed by atoms with E-state index >= 15 is 0 Å². The summed E-state index contributed by atoms with van der Waals surface area (Å²) < 4.78 is 5.00. The first kappa shape index (κ1) is 15.7. The molecule has 0 aromatic carbocycles. The number of carbonyl (C=O) groups is 2. The Bertz CT molecular complexity index is 432. The lowest BCUT2D eigenvalue weighted by molar-refractivity contribution is -0.139. The number of rotatable bonds is 7. The molecule has 6 heteroatoms. The summed E-state index contributed by atoms with van der Waals surface area (Å²) in [5, 5.41) is 13.6. The second-order valence-electron chi connectivity index (χ2n) is 4.79. The fourth-order valence-electron chi connectivity index (χ4n) is 1.86. The lowest BCUT2D eigenvalue weighted by Crippen LogP contribution is -2.51. The summed E-state index contributed by atoms with van der Waals surface area (Å²) in [4.78, 5) is 24.0. The van der Waals surface area contributed by atoms with Crippen LogP contribution in [0.25, 0.3) is 0 Å². The average Bonchev–Trinajstić information content (AvgIpc) is 2.79. The highest BCUT2D eigenvalue weighted by Crippen LogP contribution is 2.22. The number of carbonyl (C=O) groups excluding carboxylic acids is 1. The molecule has 0 spiro atoms. The molecule has 5 nitrogen and oxygen atoms in total. The van der Waals surface area contributed by atoms with Gasteiger partial charge in [-0.05, 0) is 25.3 Å². The van der Waals surface area contributed by atoms with E-state index in [1.165, 1.54) is 18.4 Å². The molecule has 0 bridgehead atoms. The van der Waals surface area contributed by atoms with Gasteiger partial charge < -0.3 is 15.2 Å². The highest BCUT2D eigenvalue weighted by Gasteiger charge is 2.31. The van der Waals surface area contributed by atoms with Crippen LogP contribution in [0.5, 0.6) is 0 Å². The summed E-state index contributed by atoms with van der Waals surface area (Å²) in [6.07, 6.45) is -0.177. The Morgan fingerprint density at radius 1 is 1.58 bits per heavy atom. The number of nitrogens with one attached hydrogen (secondary N) is 1. The molecule has 1 rings (SSSR count). The third-order valence-electron chi connectivity index (χ3n) is 2.79. The van der Waals surface area contributed by atoms with Crippen LogP contribution in [0.3, 0.4) is 0 Å². The molecular formula is C13H19NO4S. The first-order valence-corrected chi connectivity index (χ1v) is 6.82. The Kier molecular flexibility index (Phi) is 5.50. The van der Waals surface area contributed by atoms with Gasteiger partial charge in [-0.25, -0.2) is 0 Å². The van der Waals surface area contributed by atoms with Crippen molar-refractivity contribution in [1.29, 1.82) is 0 Å². The molecule has 1 aromatic rings. The maximum absolute atomic E-state index is 12.2. The predicted octanol–water partition coefficient (Wildman–Crippen LogP) is 1.85. The molecule has 0 aliphatic rings. The summed E-state index contributed by atoms with van der Waals surface area (Å²) in [5.41, 5.74) is -0.900. The Morgan fingerprint density at radius 3 is 2.74 bits per heavy atom. The molecule has 2 unspecified atom stereocenters. The Hall–Kier alpha value is -1.40. The van der Waals surface area contributed by atoms with Gasteiger partial charge in [0, 0.05) is 12.0 Å². The van der Waals surface area contributed by atoms with Crippen molar-refractivity contribution in [1.82, 2.24) is 5.32 Å². The van der Waals surface area contributed by atoms with E-state index in [1.807, 2.05) is 17.5 Å². The second-order valence-corrected chi connectivity index (χ2v) is 5.77. The first-order valence-electron chi connectivity index (χ1n) is 5.94. The van der Waals surface area contributed by atoms with E-state index in [0.717, 1.165) is 4.88 Å². The molecule has 0 saturated heterocycles. The lowest BCUT2D eigenvalue weighted by Gasteiger charge is -2.29. The molecule has 19 heavy (non-hydrogen) atoms. The second kappa shape index (κ2) is 6.68. The maximum atomic E-state index is 12.2. The van der Waals surface area contributed by atoms with E-state index in [4.69, 9.17) is 9.84 Å². The zero-order chi connectivity index (χ0) is 14.5. The van der Waals surface area contributed by atoms with Crippen LogP contribution >= 0.6 is 11.3 Å². The number of hydrogen-bond acceptors (Lipinski definition) is 4. The molecule has 0 fully saturated rings. The van der Waals surface area contributed by atoms with Crippen molar-refractivity contribution >= 4 is 23.2 Å². The number of amides is 1. The van der Waals surface area contributed by atoms with Gasteiger partial charge in [0.25, 0.3) is 0 Å². The minimum Gasteiger partial charge on any atom is -0.481 e.